The molecule has 1 atom stereocenters. The fraction of sp³-hybridized carbons (Fsp3) is 0.220. The minimum Gasteiger partial charge on any atom is -0.500 e. The van der Waals surface area contributed by atoms with Gasteiger partial charge in [0.25, 0.3) is 0 Å². The van der Waals surface area contributed by atoms with Gasteiger partial charge in [-0.25, -0.2) is 4.98 Å². The van der Waals surface area contributed by atoms with Crippen molar-refractivity contribution in [3.63, 3.8) is 0 Å². The Kier molecular flexibility index (Phi) is 8.34. The molecule has 2 aliphatic carbocycles. The fourth-order valence-corrected chi connectivity index (χ4v) is 9.80. The van der Waals surface area contributed by atoms with E-state index in [1.807, 2.05) is 36.4 Å². The summed E-state index contributed by atoms with van der Waals surface area (Å²) in [5, 5.41) is 4.19. The van der Waals surface area contributed by atoms with E-state index in [2.05, 4.69) is 102 Å². The van der Waals surface area contributed by atoms with Crippen molar-refractivity contribution in [2.75, 3.05) is 0 Å². The molecule has 0 N–H and O–H groups in total. The first-order valence-corrected chi connectivity index (χ1v) is 20.3. The van der Waals surface area contributed by atoms with Crippen LogP contribution < -0.4 is 4.74 Å². The molecule has 8 heteroatoms. The Morgan fingerprint density at radius 2 is 1.59 bits per heavy atom. The van der Waals surface area contributed by atoms with Gasteiger partial charge in [0.2, 0.25) is 11.7 Å². The van der Waals surface area contributed by atoms with E-state index in [1.165, 1.54) is 54.4 Å². The fourth-order valence-electron chi connectivity index (χ4n) is 9.80. The van der Waals surface area contributed by atoms with Gasteiger partial charge in [0.1, 0.15) is 5.58 Å². The van der Waals surface area contributed by atoms with Crippen LogP contribution >= 0.6 is 0 Å². The first-order chi connectivity index (χ1) is 28.0. The first kappa shape index (κ1) is 35.4. The van der Waals surface area contributed by atoms with Gasteiger partial charge in [-0.15, -0.1) is 6.07 Å². The van der Waals surface area contributed by atoms with Gasteiger partial charge in [-0.3, -0.25) is 8.97 Å². The van der Waals surface area contributed by atoms with Crippen LogP contribution in [-0.4, -0.2) is 23.9 Å². The molecular weight excluding hydrogens is 898 g/mol. The number of pyridine rings is 2. The van der Waals surface area contributed by atoms with Crippen LogP contribution in [0.5, 0.6) is 11.6 Å². The molecule has 58 heavy (non-hydrogen) atoms. The van der Waals surface area contributed by atoms with Crippen LogP contribution in [0, 0.1) is 37.8 Å². The maximum atomic E-state index is 6.83. The molecule has 0 radical (unpaired) electrons. The number of nitrogens with zero attached hydrogens (tertiary/aromatic N) is 5. The molecule has 5 aromatic carbocycles. The molecule has 1 saturated carbocycles. The smallest absolute Gasteiger partial charge is 0.500 e. The second kappa shape index (κ2) is 13.7. The monoisotopic (exact) mass is 936 g/mol. The van der Waals surface area contributed by atoms with Crippen molar-refractivity contribution >= 4 is 60.7 Å². The van der Waals surface area contributed by atoms with Gasteiger partial charge in [-0.05, 0) is 59.5 Å². The number of para-hydroxylation sites is 2. The van der Waals surface area contributed by atoms with Crippen LogP contribution in [0.3, 0.4) is 0 Å². The molecule has 0 aliphatic heterocycles. The summed E-state index contributed by atoms with van der Waals surface area (Å²) in [5.74, 6) is 3.30. The van der Waals surface area contributed by atoms with E-state index in [-0.39, 0.29) is 21.1 Å². The van der Waals surface area contributed by atoms with Gasteiger partial charge in [-0.1, -0.05) is 135 Å². The Bertz CT molecular complexity index is 3260. The Hall–Kier alpha value is -5.78. The third-order valence-electron chi connectivity index (χ3n) is 12.9. The molecule has 0 bridgehead atoms. The number of ether oxygens (including phenoxy) is 1. The molecule has 12 rings (SSSR count). The zero-order chi connectivity index (χ0) is 37.8. The molecule has 2 aliphatic rings. The number of aryl methyl sites for hydroxylation is 2. The summed E-state index contributed by atoms with van der Waals surface area (Å²) in [4.78, 5) is 15.4. The van der Waals surface area contributed by atoms with Crippen molar-refractivity contribution in [2.24, 2.45) is 11.8 Å². The van der Waals surface area contributed by atoms with Gasteiger partial charge in [0, 0.05) is 28.8 Å². The number of fused-ring (bicyclic) bond motifs is 11. The van der Waals surface area contributed by atoms with E-state index < -0.39 is 0 Å². The van der Waals surface area contributed by atoms with Crippen molar-refractivity contribution in [1.29, 1.82) is 0 Å². The maximum Gasteiger partial charge on any atom is 2.00 e. The average molecular weight is 937 g/mol. The number of benzene rings is 5. The summed E-state index contributed by atoms with van der Waals surface area (Å²) in [6.07, 6.45) is 11.2. The second-order valence-electron chi connectivity index (χ2n) is 16.3. The molecule has 7 nitrogen and oxygen atoms in total. The third-order valence-corrected chi connectivity index (χ3v) is 12.9. The van der Waals surface area contributed by atoms with Crippen LogP contribution in [0.15, 0.2) is 108 Å². The van der Waals surface area contributed by atoms with E-state index in [4.69, 9.17) is 24.1 Å². The Morgan fingerprint density at radius 1 is 0.741 bits per heavy atom. The molecule has 0 spiro atoms. The van der Waals surface area contributed by atoms with Crippen molar-refractivity contribution in [2.45, 2.75) is 58.8 Å². The molecule has 5 heterocycles. The second-order valence-corrected chi connectivity index (χ2v) is 16.3. The van der Waals surface area contributed by atoms with Gasteiger partial charge in [0.15, 0.2) is 5.65 Å². The predicted octanol–water partition coefficient (Wildman–Crippen LogP) is 12.2. The topological polar surface area (TPSA) is 70.4 Å². The van der Waals surface area contributed by atoms with Gasteiger partial charge in [0.05, 0.1) is 22.1 Å². The average Bonchev–Trinajstić information content (AvgIpc) is 4.02. The quantitative estimate of drug-likeness (QED) is 0.161. The van der Waals surface area contributed by atoms with Crippen molar-refractivity contribution < 1.29 is 30.2 Å². The summed E-state index contributed by atoms with van der Waals surface area (Å²) in [6, 6.07) is 40.5. The van der Waals surface area contributed by atoms with Gasteiger partial charge >= 0.3 is 21.1 Å². The van der Waals surface area contributed by atoms with E-state index >= 15 is 0 Å². The molecule has 10 aromatic rings. The maximum absolute atomic E-state index is 6.83. The number of furan rings is 1. The number of hydrogen-bond acceptors (Lipinski definition) is 5. The minimum atomic E-state index is 0. The van der Waals surface area contributed by atoms with Crippen molar-refractivity contribution in [3.8, 4) is 28.6 Å². The van der Waals surface area contributed by atoms with E-state index in [0.29, 0.717) is 17.5 Å². The standard InChI is InChI=1S/C50H39N5O2.Pt/c1-29-16-18-36(22-30(29)2)54-49-45(55-44-15-9-8-14-42(44)52-50(54)55)20-21-46(53-49)56-37-26-40-39-19-17-32-12-6-7-13-38(32)47(39)57-48(40)41(27-37)43-25-34-23-33(24-35(34)28-51-43)31-10-4-3-5-11-31;/h6-9,12-17,19-22,25-26,28,31,33H,3-5,10-11,23-24H2,1-2H3;/q-2;+2. The molecule has 0 amide bonds. The van der Waals surface area contributed by atoms with Crippen LogP contribution in [0.2, 0.25) is 0 Å². The minimum absolute atomic E-state index is 0. The van der Waals surface area contributed by atoms with E-state index in [9.17, 15) is 0 Å². The summed E-state index contributed by atoms with van der Waals surface area (Å²) in [7, 11) is 0. The zero-order valence-corrected chi connectivity index (χ0v) is 34.6. The Labute approximate surface area is 350 Å². The molecule has 286 valence electrons. The summed E-state index contributed by atoms with van der Waals surface area (Å²) in [5.41, 5.74) is 12.9. The Morgan fingerprint density at radius 3 is 2.48 bits per heavy atom. The zero-order valence-electron chi connectivity index (χ0n) is 32.3. The summed E-state index contributed by atoms with van der Waals surface area (Å²) >= 11 is 0. The van der Waals surface area contributed by atoms with Crippen LogP contribution in [-0.2, 0) is 33.9 Å². The number of imidazole rings is 2. The molecule has 5 aromatic heterocycles. The molecule has 1 unspecified atom stereocenters. The van der Waals surface area contributed by atoms with Crippen molar-refractivity contribution in [3.05, 3.63) is 138 Å². The predicted molar refractivity (Wildman–Crippen MR) is 226 cm³/mol. The van der Waals surface area contributed by atoms with E-state index in [0.717, 1.165) is 96.4 Å². The SMILES string of the molecule is Cc1c[c-]c(-n2c3nc(Oc4[c-]c(-c5cc6c(cn5)CC(C5CCCCC5)C6)c5oc6c7ccccc7ccc6c5c4)ccc3n3c4ccccc4nc23)cc1C.[Pt+2]. The van der Waals surface area contributed by atoms with E-state index in [1.54, 1.807) is 0 Å². The van der Waals surface area contributed by atoms with Crippen LogP contribution in [0.1, 0.15) is 54.4 Å². The molecular formula is C50H39N5O2Pt. The number of aromatic nitrogens is 5. The largest absolute Gasteiger partial charge is 2.00 e. The summed E-state index contributed by atoms with van der Waals surface area (Å²) < 4.78 is 17.8. The summed E-state index contributed by atoms with van der Waals surface area (Å²) in [6.45, 7) is 4.23. The van der Waals surface area contributed by atoms with Crippen LogP contribution in [0.4, 0.5) is 0 Å². The molecule has 1 fully saturated rings. The third kappa shape index (κ3) is 5.54. The normalized spacial score (nSPS) is 15.9. The van der Waals surface area contributed by atoms with Crippen LogP contribution in [0.25, 0.3) is 77.6 Å². The Balaban J connectivity index is 0.00000385. The van der Waals surface area contributed by atoms with Gasteiger partial charge < -0.3 is 14.1 Å². The number of hydrogen-bond donors (Lipinski definition) is 0. The molecule has 0 saturated heterocycles. The number of rotatable bonds is 5. The van der Waals surface area contributed by atoms with Gasteiger partial charge in [-0.2, -0.15) is 28.2 Å². The first-order valence-electron chi connectivity index (χ1n) is 20.3. The van der Waals surface area contributed by atoms with Crippen molar-refractivity contribution in [1.82, 2.24) is 23.9 Å².